The van der Waals surface area contributed by atoms with Crippen LogP contribution in [0.4, 0.5) is 4.79 Å². The average Bonchev–Trinajstić information content (AvgIpc) is 3.03. The van der Waals surface area contributed by atoms with Crippen molar-refractivity contribution in [2.24, 2.45) is 5.92 Å². The number of hydrogen-bond acceptors (Lipinski definition) is 3. The molecule has 3 unspecified atom stereocenters. The Morgan fingerprint density at radius 3 is 3.04 bits per heavy atom. The van der Waals surface area contributed by atoms with E-state index in [1.165, 1.54) is 19.3 Å². The lowest BCUT2D eigenvalue weighted by atomic mass is 9.88. The summed E-state index contributed by atoms with van der Waals surface area (Å²) in [5.41, 5.74) is 1.12. The third-order valence-electron chi connectivity index (χ3n) is 5.11. The van der Waals surface area contributed by atoms with Crippen molar-refractivity contribution in [3.63, 3.8) is 0 Å². The van der Waals surface area contributed by atoms with E-state index in [-0.39, 0.29) is 12.1 Å². The lowest BCUT2D eigenvalue weighted by Gasteiger charge is -2.28. The van der Waals surface area contributed by atoms with Gasteiger partial charge in [-0.3, -0.25) is 0 Å². The molecular weight excluding hydrogens is 292 g/mol. The molecular formula is C18H28N2O3. The Balaban J connectivity index is 1.36. The molecule has 0 aliphatic heterocycles. The van der Waals surface area contributed by atoms with Gasteiger partial charge in [-0.1, -0.05) is 19.8 Å². The first kappa shape index (κ1) is 16.4. The van der Waals surface area contributed by atoms with Crippen LogP contribution in [0.2, 0.25) is 0 Å². The minimum atomic E-state index is -0.121. The smallest absolute Gasteiger partial charge is 0.315 e. The largest absolute Gasteiger partial charge is 0.469 e. The Labute approximate surface area is 138 Å². The van der Waals surface area contributed by atoms with E-state index < -0.39 is 0 Å². The number of aryl methyl sites for hydroxylation is 1. The number of nitrogens with one attached hydrogen (secondary N) is 2. The van der Waals surface area contributed by atoms with Crippen LogP contribution in [0.3, 0.4) is 0 Å². The third-order valence-corrected chi connectivity index (χ3v) is 5.11. The highest BCUT2D eigenvalue weighted by Crippen LogP contribution is 2.30. The summed E-state index contributed by atoms with van der Waals surface area (Å²) in [6.07, 6.45) is 10.0. The molecule has 128 valence electrons. The minimum absolute atomic E-state index is 0.0665. The molecule has 1 fully saturated rings. The highest BCUT2D eigenvalue weighted by Gasteiger charge is 2.24. The number of rotatable bonds is 5. The first-order valence-corrected chi connectivity index (χ1v) is 8.96. The van der Waals surface area contributed by atoms with Gasteiger partial charge < -0.3 is 19.8 Å². The van der Waals surface area contributed by atoms with Gasteiger partial charge in [0, 0.05) is 18.5 Å². The molecule has 2 aliphatic carbocycles. The summed E-state index contributed by atoms with van der Waals surface area (Å²) in [6, 6.07) is 1.91. The SMILES string of the molecule is CC1CCCCC1OCCNC(=O)NC1CCCc2occc21. The molecule has 0 bridgehead atoms. The molecule has 0 saturated heterocycles. The highest BCUT2D eigenvalue weighted by atomic mass is 16.5. The lowest BCUT2D eigenvalue weighted by Crippen LogP contribution is -2.40. The van der Waals surface area contributed by atoms with Crippen molar-refractivity contribution in [2.45, 2.75) is 64.0 Å². The van der Waals surface area contributed by atoms with Gasteiger partial charge >= 0.3 is 6.03 Å². The maximum atomic E-state index is 12.0. The van der Waals surface area contributed by atoms with E-state index in [1.54, 1.807) is 6.26 Å². The van der Waals surface area contributed by atoms with E-state index in [2.05, 4.69) is 17.6 Å². The Kier molecular flexibility index (Phi) is 5.60. The van der Waals surface area contributed by atoms with Crippen molar-refractivity contribution in [2.75, 3.05) is 13.2 Å². The summed E-state index contributed by atoms with van der Waals surface area (Å²) in [5.74, 6) is 1.65. The molecule has 5 heteroatoms. The summed E-state index contributed by atoms with van der Waals surface area (Å²) in [7, 11) is 0. The van der Waals surface area contributed by atoms with Crippen LogP contribution >= 0.6 is 0 Å². The fourth-order valence-corrected chi connectivity index (χ4v) is 3.75. The quantitative estimate of drug-likeness (QED) is 0.816. The maximum Gasteiger partial charge on any atom is 0.315 e. The van der Waals surface area contributed by atoms with Gasteiger partial charge in [0.15, 0.2) is 0 Å². The Morgan fingerprint density at radius 2 is 2.17 bits per heavy atom. The van der Waals surface area contributed by atoms with Crippen LogP contribution in [0, 0.1) is 5.92 Å². The molecule has 3 rings (SSSR count). The van der Waals surface area contributed by atoms with Crippen molar-refractivity contribution in [3.8, 4) is 0 Å². The first-order valence-electron chi connectivity index (χ1n) is 8.96. The fraction of sp³-hybridized carbons (Fsp3) is 0.722. The number of carbonyl (C=O) groups is 1. The Hall–Kier alpha value is -1.49. The van der Waals surface area contributed by atoms with Gasteiger partial charge in [0.2, 0.25) is 0 Å². The van der Waals surface area contributed by atoms with E-state index in [0.717, 1.165) is 37.0 Å². The molecule has 3 atom stereocenters. The van der Waals surface area contributed by atoms with Gasteiger partial charge in [0.1, 0.15) is 5.76 Å². The molecule has 23 heavy (non-hydrogen) atoms. The van der Waals surface area contributed by atoms with Gasteiger partial charge in [0.25, 0.3) is 0 Å². The normalized spacial score (nSPS) is 27.3. The highest BCUT2D eigenvalue weighted by molar-refractivity contribution is 5.74. The second kappa shape index (κ2) is 7.86. The molecule has 0 radical (unpaired) electrons. The molecule has 5 nitrogen and oxygen atoms in total. The molecule has 1 heterocycles. The molecule has 1 saturated carbocycles. The van der Waals surface area contributed by atoms with E-state index >= 15 is 0 Å². The van der Waals surface area contributed by atoms with Crippen LogP contribution in [0.15, 0.2) is 16.7 Å². The summed E-state index contributed by atoms with van der Waals surface area (Å²) in [6.45, 7) is 3.40. The maximum absolute atomic E-state index is 12.0. The van der Waals surface area contributed by atoms with Gasteiger partial charge in [-0.15, -0.1) is 0 Å². The fourth-order valence-electron chi connectivity index (χ4n) is 3.75. The van der Waals surface area contributed by atoms with Gasteiger partial charge in [0.05, 0.1) is 25.0 Å². The zero-order valence-electron chi connectivity index (χ0n) is 14.0. The summed E-state index contributed by atoms with van der Waals surface area (Å²) in [5, 5.41) is 5.94. The number of ether oxygens (including phenoxy) is 1. The second-order valence-electron chi connectivity index (χ2n) is 6.82. The predicted molar refractivity (Wildman–Crippen MR) is 88.3 cm³/mol. The monoisotopic (exact) mass is 320 g/mol. The van der Waals surface area contributed by atoms with E-state index in [9.17, 15) is 4.79 Å². The van der Waals surface area contributed by atoms with Crippen LogP contribution in [-0.2, 0) is 11.2 Å². The number of hydrogen-bond donors (Lipinski definition) is 2. The van der Waals surface area contributed by atoms with Crippen molar-refractivity contribution < 1.29 is 13.9 Å². The average molecular weight is 320 g/mol. The molecule has 0 aromatic carbocycles. The zero-order chi connectivity index (χ0) is 16.1. The Bertz CT molecular complexity index is 514. The predicted octanol–water partition coefficient (Wildman–Crippen LogP) is 3.55. The van der Waals surface area contributed by atoms with Crippen molar-refractivity contribution in [1.29, 1.82) is 0 Å². The standard InChI is InChI=1S/C18H28N2O3/c1-13-5-2-3-7-16(13)23-12-10-19-18(21)20-15-6-4-8-17-14(15)9-11-22-17/h9,11,13,15-16H,2-8,10,12H2,1H3,(H2,19,20,21). The van der Waals surface area contributed by atoms with Crippen LogP contribution in [0.25, 0.3) is 0 Å². The summed E-state index contributed by atoms with van der Waals surface area (Å²) in [4.78, 5) is 12.0. The van der Waals surface area contributed by atoms with Crippen LogP contribution < -0.4 is 10.6 Å². The lowest BCUT2D eigenvalue weighted by molar-refractivity contribution is -0.00245. The zero-order valence-corrected chi connectivity index (χ0v) is 14.0. The number of amides is 2. The van der Waals surface area contributed by atoms with Crippen LogP contribution in [0.1, 0.15) is 62.8 Å². The van der Waals surface area contributed by atoms with Crippen molar-refractivity contribution >= 4 is 6.03 Å². The summed E-state index contributed by atoms with van der Waals surface area (Å²) >= 11 is 0. The number of carbonyl (C=O) groups excluding carboxylic acids is 1. The van der Waals surface area contributed by atoms with Crippen LogP contribution in [0.5, 0.6) is 0 Å². The van der Waals surface area contributed by atoms with Gasteiger partial charge in [-0.05, 0) is 37.7 Å². The third kappa shape index (κ3) is 4.28. The number of furan rings is 1. The second-order valence-corrected chi connectivity index (χ2v) is 6.82. The summed E-state index contributed by atoms with van der Waals surface area (Å²) < 4.78 is 11.4. The number of fused-ring (bicyclic) bond motifs is 1. The van der Waals surface area contributed by atoms with E-state index in [0.29, 0.717) is 25.2 Å². The van der Waals surface area contributed by atoms with E-state index in [4.69, 9.17) is 9.15 Å². The minimum Gasteiger partial charge on any atom is -0.469 e. The first-order chi connectivity index (χ1) is 11.2. The molecule has 2 amide bonds. The molecule has 1 aromatic rings. The molecule has 2 N–H and O–H groups in total. The van der Waals surface area contributed by atoms with Crippen LogP contribution in [-0.4, -0.2) is 25.3 Å². The van der Waals surface area contributed by atoms with E-state index in [1.807, 2.05) is 6.07 Å². The Morgan fingerprint density at radius 1 is 1.30 bits per heavy atom. The molecule has 2 aliphatic rings. The van der Waals surface area contributed by atoms with Gasteiger partial charge in [-0.25, -0.2) is 4.79 Å². The van der Waals surface area contributed by atoms with Gasteiger partial charge in [-0.2, -0.15) is 0 Å². The number of urea groups is 1. The molecule has 1 aromatic heterocycles. The van der Waals surface area contributed by atoms with Crippen molar-refractivity contribution in [3.05, 3.63) is 23.7 Å². The topological polar surface area (TPSA) is 63.5 Å². The molecule has 0 spiro atoms. The van der Waals surface area contributed by atoms with Crippen molar-refractivity contribution in [1.82, 2.24) is 10.6 Å².